The lowest BCUT2D eigenvalue weighted by atomic mass is 10.0. The summed E-state index contributed by atoms with van der Waals surface area (Å²) >= 11 is 0. The molecule has 0 atom stereocenters. The van der Waals surface area contributed by atoms with Gasteiger partial charge in [-0.1, -0.05) is 24.3 Å². The zero-order chi connectivity index (χ0) is 17.4. The van der Waals surface area contributed by atoms with Gasteiger partial charge in [0.15, 0.2) is 0 Å². The minimum atomic E-state index is -0.439. The second kappa shape index (κ2) is 6.20. The molecule has 0 radical (unpaired) electrons. The van der Waals surface area contributed by atoms with E-state index in [4.69, 9.17) is 0 Å². The van der Waals surface area contributed by atoms with E-state index in [0.29, 0.717) is 11.3 Å². The molecule has 2 saturated carbocycles. The van der Waals surface area contributed by atoms with Crippen molar-refractivity contribution in [1.29, 1.82) is 0 Å². The summed E-state index contributed by atoms with van der Waals surface area (Å²) in [6, 6.07) is 11.2. The van der Waals surface area contributed by atoms with Crippen molar-refractivity contribution in [2.24, 2.45) is 11.8 Å². The Morgan fingerprint density at radius 3 is 2.04 bits per heavy atom. The van der Waals surface area contributed by atoms with Crippen molar-refractivity contribution in [3.05, 3.63) is 42.0 Å². The van der Waals surface area contributed by atoms with E-state index in [9.17, 15) is 14.4 Å². The van der Waals surface area contributed by atoms with Crippen molar-refractivity contribution in [3.8, 4) is 0 Å². The lowest BCUT2D eigenvalue weighted by Crippen LogP contribution is -2.42. The smallest absolute Gasteiger partial charge is 0.271 e. The van der Waals surface area contributed by atoms with E-state index in [1.54, 1.807) is 12.1 Å². The first-order chi connectivity index (χ1) is 12.1. The number of benzene rings is 2. The minimum absolute atomic E-state index is 0.00550. The number of anilines is 1. The molecule has 2 aliphatic rings. The highest BCUT2D eigenvalue weighted by atomic mass is 16.2. The number of hydrogen-bond donors (Lipinski definition) is 3. The molecule has 3 N–H and O–H groups in total. The number of nitrogens with one attached hydrogen (secondary N) is 3. The van der Waals surface area contributed by atoms with Crippen molar-refractivity contribution >= 4 is 34.2 Å². The highest BCUT2D eigenvalue weighted by Crippen LogP contribution is 2.32. The first kappa shape index (κ1) is 15.6. The average molecular weight is 337 g/mol. The van der Waals surface area contributed by atoms with E-state index in [1.807, 2.05) is 24.3 Å². The van der Waals surface area contributed by atoms with Gasteiger partial charge in [0.05, 0.1) is 11.3 Å². The van der Waals surface area contributed by atoms with Crippen molar-refractivity contribution in [2.75, 3.05) is 5.32 Å². The molecule has 0 spiro atoms. The second-order valence-corrected chi connectivity index (χ2v) is 6.73. The molecule has 2 aromatic rings. The Bertz CT molecular complexity index is 869. The molecule has 0 heterocycles. The molecule has 128 valence electrons. The largest absolute Gasteiger partial charge is 0.325 e. The van der Waals surface area contributed by atoms with Crippen molar-refractivity contribution < 1.29 is 14.4 Å². The third-order valence-corrected chi connectivity index (χ3v) is 4.58. The van der Waals surface area contributed by atoms with Crippen molar-refractivity contribution in [1.82, 2.24) is 10.9 Å². The first-order valence-electron chi connectivity index (χ1n) is 8.55. The normalized spacial score (nSPS) is 16.3. The van der Waals surface area contributed by atoms with Crippen LogP contribution in [0.15, 0.2) is 36.4 Å². The van der Waals surface area contributed by atoms with E-state index in [-0.39, 0.29) is 23.7 Å². The number of carbonyl (C=O) groups is 3. The molecule has 2 fully saturated rings. The predicted octanol–water partition coefficient (Wildman–Crippen LogP) is 2.36. The molecule has 6 heteroatoms. The molecule has 2 aromatic carbocycles. The van der Waals surface area contributed by atoms with Gasteiger partial charge < -0.3 is 5.32 Å². The van der Waals surface area contributed by atoms with E-state index in [0.717, 1.165) is 36.5 Å². The lowest BCUT2D eigenvalue weighted by molar-refractivity contribution is -0.123. The quantitative estimate of drug-likeness (QED) is 0.749. The fraction of sp³-hybridized carbons (Fsp3) is 0.316. The summed E-state index contributed by atoms with van der Waals surface area (Å²) in [4.78, 5) is 36.4. The SMILES string of the molecule is O=C(NNC(=O)C1CC1)c1cc2ccccc2cc1NC(=O)C1CC1. The average Bonchev–Trinajstić information content (AvgIpc) is 3.50. The molecular weight excluding hydrogens is 318 g/mol. The van der Waals surface area contributed by atoms with Crippen LogP contribution < -0.4 is 16.2 Å². The number of carbonyl (C=O) groups excluding carboxylic acids is 3. The number of rotatable bonds is 4. The monoisotopic (exact) mass is 337 g/mol. The zero-order valence-electron chi connectivity index (χ0n) is 13.7. The van der Waals surface area contributed by atoms with Crippen LogP contribution in [0.1, 0.15) is 36.0 Å². The highest BCUT2D eigenvalue weighted by molar-refractivity contribution is 6.08. The molecule has 0 aromatic heterocycles. The van der Waals surface area contributed by atoms with Gasteiger partial charge in [0.25, 0.3) is 5.91 Å². The van der Waals surface area contributed by atoms with Crippen LogP contribution in [0.25, 0.3) is 10.8 Å². The van der Waals surface area contributed by atoms with Gasteiger partial charge in [-0.25, -0.2) is 0 Å². The van der Waals surface area contributed by atoms with Crippen LogP contribution in [0.3, 0.4) is 0 Å². The Morgan fingerprint density at radius 1 is 0.800 bits per heavy atom. The summed E-state index contributed by atoms with van der Waals surface area (Å²) in [5, 5.41) is 4.69. The lowest BCUT2D eigenvalue weighted by Gasteiger charge is -2.13. The molecule has 3 amide bonds. The molecule has 0 unspecified atom stereocenters. The summed E-state index contributed by atoms with van der Waals surface area (Å²) in [5.41, 5.74) is 5.71. The molecule has 0 saturated heterocycles. The van der Waals surface area contributed by atoms with E-state index in [1.165, 1.54) is 0 Å². The van der Waals surface area contributed by atoms with Gasteiger partial charge in [-0.05, 0) is 48.6 Å². The molecule has 4 rings (SSSR count). The highest BCUT2D eigenvalue weighted by Gasteiger charge is 2.31. The second-order valence-electron chi connectivity index (χ2n) is 6.73. The van der Waals surface area contributed by atoms with Crippen molar-refractivity contribution in [2.45, 2.75) is 25.7 Å². The van der Waals surface area contributed by atoms with E-state index < -0.39 is 5.91 Å². The Kier molecular flexibility index (Phi) is 3.87. The standard InChI is InChI=1S/C19H19N3O3/c23-17(11-5-6-11)20-16-10-14-4-2-1-3-13(14)9-15(16)19(25)22-21-18(24)12-7-8-12/h1-4,9-12H,5-8H2,(H,20,23)(H,21,24)(H,22,25). The van der Waals surface area contributed by atoms with Gasteiger partial charge in [0, 0.05) is 11.8 Å². The number of fused-ring (bicyclic) bond motifs is 1. The number of hydrazine groups is 1. The summed E-state index contributed by atoms with van der Waals surface area (Å²) in [6.07, 6.45) is 3.50. The van der Waals surface area contributed by atoms with Crippen LogP contribution in [-0.2, 0) is 9.59 Å². The van der Waals surface area contributed by atoms with Crippen LogP contribution >= 0.6 is 0 Å². The van der Waals surface area contributed by atoms with Crippen LogP contribution in [0.4, 0.5) is 5.69 Å². The molecule has 6 nitrogen and oxygen atoms in total. The van der Waals surface area contributed by atoms with Gasteiger partial charge in [-0.3, -0.25) is 25.2 Å². The molecular formula is C19H19N3O3. The molecule has 2 aliphatic carbocycles. The van der Waals surface area contributed by atoms with Gasteiger partial charge in [0.2, 0.25) is 11.8 Å². The fourth-order valence-corrected chi connectivity index (χ4v) is 2.75. The molecule has 25 heavy (non-hydrogen) atoms. The van der Waals surface area contributed by atoms with Crippen LogP contribution in [0, 0.1) is 11.8 Å². The van der Waals surface area contributed by atoms with Crippen LogP contribution in [0.2, 0.25) is 0 Å². The maximum Gasteiger partial charge on any atom is 0.271 e. The Hall–Kier alpha value is -2.89. The van der Waals surface area contributed by atoms with E-state index >= 15 is 0 Å². The maximum absolute atomic E-state index is 12.5. The van der Waals surface area contributed by atoms with Crippen LogP contribution in [0.5, 0.6) is 0 Å². The minimum Gasteiger partial charge on any atom is -0.325 e. The summed E-state index contributed by atoms with van der Waals surface area (Å²) in [7, 11) is 0. The zero-order valence-corrected chi connectivity index (χ0v) is 13.7. The van der Waals surface area contributed by atoms with E-state index in [2.05, 4.69) is 16.2 Å². The van der Waals surface area contributed by atoms with Gasteiger partial charge in [0.1, 0.15) is 0 Å². The maximum atomic E-state index is 12.5. The fourth-order valence-electron chi connectivity index (χ4n) is 2.75. The first-order valence-corrected chi connectivity index (χ1v) is 8.55. The van der Waals surface area contributed by atoms with Gasteiger partial charge in [-0.15, -0.1) is 0 Å². The third kappa shape index (κ3) is 3.47. The summed E-state index contributed by atoms with van der Waals surface area (Å²) in [5.74, 6) is -0.627. The summed E-state index contributed by atoms with van der Waals surface area (Å²) in [6.45, 7) is 0. The summed E-state index contributed by atoms with van der Waals surface area (Å²) < 4.78 is 0. The topological polar surface area (TPSA) is 87.3 Å². The Labute approximate surface area is 144 Å². The third-order valence-electron chi connectivity index (χ3n) is 4.58. The molecule has 0 bridgehead atoms. The van der Waals surface area contributed by atoms with Crippen molar-refractivity contribution in [3.63, 3.8) is 0 Å². The number of hydrogen-bond acceptors (Lipinski definition) is 3. The predicted molar refractivity (Wildman–Crippen MR) is 93.6 cm³/mol. The van der Waals surface area contributed by atoms with Crippen LogP contribution in [-0.4, -0.2) is 17.7 Å². The Balaban J connectivity index is 1.60. The van der Waals surface area contributed by atoms with Gasteiger partial charge in [-0.2, -0.15) is 0 Å². The van der Waals surface area contributed by atoms with Gasteiger partial charge >= 0.3 is 0 Å². The molecule has 0 aliphatic heterocycles. The Morgan fingerprint density at radius 2 is 1.40 bits per heavy atom. The number of amides is 3.